The zero-order valence-electron chi connectivity index (χ0n) is 6.77. The van der Waals surface area contributed by atoms with E-state index in [0.717, 1.165) is 0 Å². The van der Waals surface area contributed by atoms with Crippen LogP contribution in [0.1, 0.15) is 10.4 Å². The van der Waals surface area contributed by atoms with Crippen molar-refractivity contribution in [3.8, 4) is 5.75 Å². The van der Waals surface area contributed by atoms with Gasteiger partial charge in [0.05, 0.1) is 5.52 Å². The molecule has 0 aliphatic heterocycles. The maximum absolute atomic E-state index is 10.5. The number of aromatic nitrogens is 1. The van der Waals surface area contributed by atoms with Crippen molar-refractivity contribution in [2.75, 3.05) is 0 Å². The van der Waals surface area contributed by atoms with Crippen molar-refractivity contribution in [1.29, 1.82) is 0 Å². The van der Waals surface area contributed by atoms with Gasteiger partial charge in [-0.15, -0.1) is 0 Å². The summed E-state index contributed by atoms with van der Waals surface area (Å²) in [5.41, 5.74) is 1.06. The molecule has 0 spiro atoms. The number of hydrogen-bond acceptors (Lipinski definition) is 3. The van der Waals surface area contributed by atoms with Gasteiger partial charge in [0, 0.05) is 17.1 Å². The number of nitrogens with zero attached hydrogens (tertiary/aromatic N) is 1. The number of carbonyl (C=O) groups is 1. The first-order valence-corrected chi connectivity index (χ1v) is 3.84. The van der Waals surface area contributed by atoms with E-state index in [1.165, 1.54) is 6.07 Å². The van der Waals surface area contributed by atoms with Gasteiger partial charge in [-0.2, -0.15) is 0 Å². The molecule has 0 saturated carbocycles. The first-order valence-electron chi connectivity index (χ1n) is 3.84. The lowest BCUT2D eigenvalue weighted by atomic mass is 10.1. The maximum atomic E-state index is 10.5. The van der Waals surface area contributed by atoms with Gasteiger partial charge in [-0.1, -0.05) is 0 Å². The molecule has 2 aromatic rings. The minimum atomic E-state index is 0.0905. The van der Waals surface area contributed by atoms with Gasteiger partial charge in [-0.25, -0.2) is 0 Å². The highest BCUT2D eigenvalue weighted by Gasteiger charge is 2.01. The predicted molar refractivity (Wildman–Crippen MR) is 48.8 cm³/mol. The SMILES string of the molecule is O=Cc1cc(O)c2cccnc2c1. The molecule has 0 bridgehead atoms. The van der Waals surface area contributed by atoms with E-state index in [2.05, 4.69) is 4.98 Å². The largest absolute Gasteiger partial charge is 0.507 e. The lowest BCUT2D eigenvalue weighted by Gasteiger charge is -2.00. The molecule has 0 atom stereocenters. The van der Waals surface area contributed by atoms with Crippen LogP contribution in [0.15, 0.2) is 30.5 Å². The van der Waals surface area contributed by atoms with Crippen LogP contribution in [0, 0.1) is 0 Å². The second kappa shape index (κ2) is 2.86. The maximum Gasteiger partial charge on any atom is 0.150 e. The van der Waals surface area contributed by atoms with Gasteiger partial charge in [0.15, 0.2) is 0 Å². The molecular formula is C10H7NO2. The Kier molecular flexibility index (Phi) is 1.70. The summed E-state index contributed by atoms with van der Waals surface area (Å²) in [4.78, 5) is 14.5. The second-order valence-corrected chi connectivity index (χ2v) is 2.73. The van der Waals surface area contributed by atoms with Crippen LogP contribution in [0.5, 0.6) is 5.75 Å². The molecule has 1 N–H and O–H groups in total. The molecule has 0 saturated heterocycles. The zero-order chi connectivity index (χ0) is 9.26. The topological polar surface area (TPSA) is 50.2 Å². The van der Waals surface area contributed by atoms with Crippen molar-refractivity contribution in [2.45, 2.75) is 0 Å². The minimum absolute atomic E-state index is 0.0905. The predicted octanol–water partition coefficient (Wildman–Crippen LogP) is 1.75. The Morgan fingerprint density at radius 1 is 1.38 bits per heavy atom. The Bertz CT molecular complexity index is 465. The smallest absolute Gasteiger partial charge is 0.150 e. The molecule has 0 radical (unpaired) electrons. The van der Waals surface area contributed by atoms with Gasteiger partial charge < -0.3 is 5.11 Å². The van der Waals surface area contributed by atoms with Crippen LogP contribution in [0.3, 0.4) is 0 Å². The molecular weight excluding hydrogens is 166 g/mol. The standard InChI is InChI=1S/C10H7NO2/c12-6-7-4-9-8(10(13)5-7)2-1-3-11-9/h1-6,13H. The summed E-state index contributed by atoms with van der Waals surface area (Å²) in [5.74, 6) is 0.0905. The van der Waals surface area contributed by atoms with Crippen molar-refractivity contribution in [2.24, 2.45) is 0 Å². The molecule has 2 rings (SSSR count). The van der Waals surface area contributed by atoms with Crippen LogP contribution in [0.2, 0.25) is 0 Å². The number of pyridine rings is 1. The Hall–Kier alpha value is -1.90. The number of fused-ring (bicyclic) bond motifs is 1. The molecule has 3 nitrogen and oxygen atoms in total. The Labute approximate surface area is 74.7 Å². The van der Waals surface area contributed by atoms with Crippen molar-refractivity contribution >= 4 is 17.2 Å². The molecule has 64 valence electrons. The van der Waals surface area contributed by atoms with Crippen LogP contribution in [0.25, 0.3) is 10.9 Å². The summed E-state index contributed by atoms with van der Waals surface area (Å²) in [6.45, 7) is 0. The molecule has 0 unspecified atom stereocenters. The van der Waals surface area contributed by atoms with Crippen LogP contribution in [0.4, 0.5) is 0 Å². The summed E-state index contributed by atoms with van der Waals surface area (Å²) < 4.78 is 0. The second-order valence-electron chi connectivity index (χ2n) is 2.73. The van der Waals surface area contributed by atoms with E-state index in [1.807, 2.05) is 0 Å². The van der Waals surface area contributed by atoms with Crippen molar-refractivity contribution < 1.29 is 9.90 Å². The fourth-order valence-electron chi connectivity index (χ4n) is 1.25. The van der Waals surface area contributed by atoms with E-state index in [9.17, 15) is 9.90 Å². The van der Waals surface area contributed by atoms with Crippen LogP contribution in [-0.4, -0.2) is 16.4 Å². The van der Waals surface area contributed by atoms with Gasteiger partial charge >= 0.3 is 0 Å². The number of rotatable bonds is 1. The molecule has 0 aliphatic carbocycles. The monoisotopic (exact) mass is 173 g/mol. The number of carbonyl (C=O) groups excluding carboxylic acids is 1. The van der Waals surface area contributed by atoms with Crippen LogP contribution < -0.4 is 0 Å². The average Bonchev–Trinajstić information content (AvgIpc) is 2.18. The summed E-state index contributed by atoms with van der Waals surface area (Å²) in [7, 11) is 0. The van der Waals surface area contributed by atoms with Gasteiger partial charge in [-0.3, -0.25) is 9.78 Å². The molecule has 0 fully saturated rings. The highest BCUT2D eigenvalue weighted by molar-refractivity contribution is 5.90. The first-order chi connectivity index (χ1) is 6.31. The molecule has 13 heavy (non-hydrogen) atoms. The third-order valence-corrected chi connectivity index (χ3v) is 1.86. The van der Waals surface area contributed by atoms with Crippen LogP contribution in [-0.2, 0) is 0 Å². The van der Waals surface area contributed by atoms with E-state index in [0.29, 0.717) is 22.8 Å². The van der Waals surface area contributed by atoms with Gasteiger partial charge in [-0.05, 0) is 24.3 Å². The van der Waals surface area contributed by atoms with Gasteiger partial charge in [0.2, 0.25) is 0 Å². The molecule has 3 heteroatoms. The number of phenols is 1. The molecule has 0 amide bonds. The van der Waals surface area contributed by atoms with Crippen molar-refractivity contribution in [1.82, 2.24) is 4.98 Å². The summed E-state index contributed by atoms with van der Waals surface area (Å²) in [6, 6.07) is 6.56. The molecule has 1 aromatic heterocycles. The number of aldehydes is 1. The normalized spacial score (nSPS) is 10.2. The van der Waals surface area contributed by atoms with Crippen molar-refractivity contribution in [3.63, 3.8) is 0 Å². The van der Waals surface area contributed by atoms with E-state index >= 15 is 0 Å². The number of phenolic OH excluding ortho intramolecular Hbond substituents is 1. The Morgan fingerprint density at radius 2 is 2.23 bits per heavy atom. The van der Waals surface area contributed by atoms with Gasteiger partial charge in [0.25, 0.3) is 0 Å². The van der Waals surface area contributed by atoms with E-state index in [1.54, 1.807) is 24.4 Å². The third kappa shape index (κ3) is 1.24. The number of aromatic hydroxyl groups is 1. The van der Waals surface area contributed by atoms with Crippen molar-refractivity contribution in [3.05, 3.63) is 36.0 Å². The number of hydrogen-bond donors (Lipinski definition) is 1. The minimum Gasteiger partial charge on any atom is -0.507 e. The van der Waals surface area contributed by atoms with E-state index in [4.69, 9.17) is 0 Å². The van der Waals surface area contributed by atoms with E-state index < -0.39 is 0 Å². The van der Waals surface area contributed by atoms with Gasteiger partial charge in [0.1, 0.15) is 12.0 Å². The Morgan fingerprint density at radius 3 is 3.00 bits per heavy atom. The fraction of sp³-hybridized carbons (Fsp3) is 0. The lowest BCUT2D eigenvalue weighted by Crippen LogP contribution is -1.83. The summed E-state index contributed by atoms with van der Waals surface area (Å²) in [6.07, 6.45) is 2.31. The zero-order valence-corrected chi connectivity index (χ0v) is 6.77. The molecule has 0 aliphatic rings. The van der Waals surface area contributed by atoms with Crippen LogP contribution >= 0.6 is 0 Å². The highest BCUT2D eigenvalue weighted by atomic mass is 16.3. The number of benzene rings is 1. The van der Waals surface area contributed by atoms with E-state index in [-0.39, 0.29) is 5.75 Å². The first kappa shape index (κ1) is 7.73. The highest BCUT2D eigenvalue weighted by Crippen LogP contribution is 2.23. The average molecular weight is 173 g/mol. The summed E-state index contributed by atoms with van der Waals surface area (Å²) >= 11 is 0. The molecule has 1 heterocycles. The third-order valence-electron chi connectivity index (χ3n) is 1.86. The lowest BCUT2D eigenvalue weighted by molar-refractivity contribution is 0.112. The quantitative estimate of drug-likeness (QED) is 0.668. The summed E-state index contributed by atoms with van der Waals surface area (Å²) in [5, 5.41) is 10.1. The Balaban J connectivity index is 2.84. The molecule has 1 aromatic carbocycles. The fourth-order valence-corrected chi connectivity index (χ4v) is 1.25.